The first-order chi connectivity index (χ1) is 14.0. The average molecular weight is 467 g/mol. The molecule has 166 valence electrons. The molecular weight excluding hydrogens is 455 g/mol. The molecule has 13 heteroatoms. The van der Waals surface area contributed by atoms with E-state index < -0.39 is 56.1 Å². The van der Waals surface area contributed by atoms with Crippen LogP contribution in [-0.2, 0) is 0 Å². The van der Waals surface area contributed by atoms with Gasteiger partial charge in [-0.15, -0.1) is 0 Å². The predicted octanol–water partition coefficient (Wildman–Crippen LogP) is 5.58. The third-order valence-corrected chi connectivity index (χ3v) is 4.99. The normalized spacial score (nSPS) is 15.4. The van der Waals surface area contributed by atoms with Gasteiger partial charge in [0.25, 0.3) is 5.91 Å². The highest BCUT2D eigenvalue weighted by Gasteiger charge is 2.65. The number of benzene rings is 2. The van der Waals surface area contributed by atoms with E-state index in [1.54, 1.807) is 6.07 Å². The molecule has 5 nitrogen and oxygen atoms in total. The van der Waals surface area contributed by atoms with E-state index in [0.29, 0.717) is 24.3 Å². The van der Waals surface area contributed by atoms with E-state index >= 15 is 0 Å². The van der Waals surface area contributed by atoms with Crippen molar-refractivity contribution in [1.29, 1.82) is 10.5 Å². The van der Waals surface area contributed by atoms with Gasteiger partial charge in [0.15, 0.2) is 22.9 Å². The van der Waals surface area contributed by atoms with Gasteiger partial charge in [-0.25, -0.2) is 8.78 Å². The summed E-state index contributed by atoms with van der Waals surface area (Å²) in [6, 6.07) is 5.52. The Morgan fingerprint density at radius 2 is 1.58 bits per heavy atom. The number of carbonyl (C=O) groups is 1. The molecule has 0 bridgehead atoms. The zero-order valence-corrected chi connectivity index (χ0v) is 16.3. The first-order valence-electron chi connectivity index (χ1n) is 8.08. The topological polar surface area (TPSA) is 85.9 Å². The van der Waals surface area contributed by atoms with Crippen molar-refractivity contribution in [3.05, 3.63) is 59.2 Å². The third kappa shape index (κ3) is 5.79. The van der Waals surface area contributed by atoms with Gasteiger partial charge in [0.1, 0.15) is 11.5 Å². The SMILES string of the molecule is CC(C#N)(COc1c(F)cc(C#N)cc1F)NC(=O)c1ccc(S(F)(F)(F)(F)F)cc1. The van der Waals surface area contributed by atoms with Crippen LogP contribution in [0, 0.1) is 34.3 Å². The highest BCUT2D eigenvalue weighted by atomic mass is 32.5. The Kier molecular flexibility index (Phi) is 5.43. The Labute approximate surface area is 171 Å². The molecule has 0 spiro atoms. The second-order valence-corrected chi connectivity index (χ2v) is 8.97. The summed E-state index contributed by atoms with van der Waals surface area (Å²) in [5.74, 6) is -4.53. The van der Waals surface area contributed by atoms with Crippen molar-refractivity contribution in [3.8, 4) is 17.9 Å². The van der Waals surface area contributed by atoms with Gasteiger partial charge in [-0.3, -0.25) is 4.79 Å². The van der Waals surface area contributed by atoms with E-state index in [0.717, 1.165) is 6.92 Å². The van der Waals surface area contributed by atoms with Crippen LogP contribution in [0.25, 0.3) is 0 Å². The molecule has 1 amide bonds. The van der Waals surface area contributed by atoms with E-state index in [4.69, 9.17) is 10.00 Å². The smallest absolute Gasteiger partial charge is 0.310 e. The van der Waals surface area contributed by atoms with Crippen LogP contribution < -0.4 is 10.1 Å². The number of halogens is 7. The fraction of sp³-hybridized carbons (Fsp3) is 0.167. The largest absolute Gasteiger partial charge is 0.484 e. The summed E-state index contributed by atoms with van der Waals surface area (Å²) in [6.45, 7) is 0.298. The molecule has 0 heterocycles. The maximum atomic E-state index is 13.9. The van der Waals surface area contributed by atoms with Crippen molar-refractivity contribution in [2.75, 3.05) is 6.61 Å². The molecule has 0 radical (unpaired) electrons. The molecule has 0 aliphatic rings. The molecule has 1 unspecified atom stereocenters. The van der Waals surface area contributed by atoms with Gasteiger partial charge in [-0.1, -0.05) is 19.4 Å². The second kappa shape index (κ2) is 7.06. The monoisotopic (exact) mass is 467 g/mol. The minimum Gasteiger partial charge on any atom is -0.484 e. The number of carbonyl (C=O) groups excluding carboxylic acids is 1. The highest BCUT2D eigenvalue weighted by molar-refractivity contribution is 8.45. The molecule has 2 aromatic carbocycles. The van der Waals surface area contributed by atoms with Gasteiger partial charge >= 0.3 is 10.2 Å². The van der Waals surface area contributed by atoms with Gasteiger partial charge in [0.2, 0.25) is 0 Å². The number of hydrogen-bond acceptors (Lipinski definition) is 4. The summed E-state index contributed by atoms with van der Waals surface area (Å²) < 4.78 is 96.3. The number of nitrogens with one attached hydrogen (secondary N) is 1. The van der Waals surface area contributed by atoms with Crippen molar-refractivity contribution in [1.82, 2.24) is 5.32 Å². The van der Waals surface area contributed by atoms with Gasteiger partial charge in [-0.2, -0.15) is 10.5 Å². The lowest BCUT2D eigenvalue weighted by atomic mass is 10.1. The van der Waals surface area contributed by atoms with Gasteiger partial charge in [0.05, 0.1) is 17.7 Å². The van der Waals surface area contributed by atoms with E-state index in [-0.39, 0.29) is 17.7 Å². The number of amides is 1. The van der Waals surface area contributed by atoms with Crippen molar-refractivity contribution in [2.24, 2.45) is 0 Å². The molecule has 2 aromatic rings. The van der Waals surface area contributed by atoms with Crippen LogP contribution in [0.15, 0.2) is 41.3 Å². The second-order valence-electron chi connectivity index (χ2n) is 6.56. The van der Waals surface area contributed by atoms with Gasteiger partial charge in [-0.05, 0) is 43.3 Å². The lowest BCUT2D eigenvalue weighted by Crippen LogP contribution is -2.49. The van der Waals surface area contributed by atoms with E-state index in [1.807, 2.05) is 0 Å². The molecular formula is C18H12F7N3O2S. The standard InChI is InChI=1S/C18H12F7N3O2S/c1-18(9-27,10-30-16-14(19)6-11(8-26)7-15(16)20)28-17(29)12-2-4-13(5-3-12)31(21,22,23,24)25/h2-7H,10H2,1H3,(H,28,29). The summed E-state index contributed by atoms with van der Waals surface area (Å²) in [6.07, 6.45) is 0. The lowest BCUT2D eigenvalue weighted by molar-refractivity contribution is 0.0898. The number of nitriles is 2. The Morgan fingerprint density at radius 3 is 2.00 bits per heavy atom. The summed E-state index contributed by atoms with van der Waals surface area (Å²) in [5.41, 5.74) is -2.72. The van der Waals surface area contributed by atoms with Crippen molar-refractivity contribution >= 4 is 16.1 Å². The Hall–Kier alpha value is -3.45. The number of rotatable bonds is 6. The zero-order valence-electron chi connectivity index (χ0n) is 15.4. The van der Waals surface area contributed by atoms with Gasteiger partial charge in [0, 0.05) is 5.56 Å². The van der Waals surface area contributed by atoms with Crippen LogP contribution in [0.1, 0.15) is 22.8 Å². The fourth-order valence-corrected chi connectivity index (χ4v) is 2.91. The Bertz CT molecular complexity index is 1100. The van der Waals surface area contributed by atoms with E-state index in [1.165, 1.54) is 6.07 Å². The molecule has 1 atom stereocenters. The summed E-state index contributed by atoms with van der Waals surface area (Å²) in [5, 5.41) is 20.0. The molecule has 1 N–H and O–H groups in total. The number of nitrogens with zero attached hydrogens (tertiary/aromatic N) is 2. The van der Waals surface area contributed by atoms with Crippen LogP contribution >= 0.6 is 10.2 Å². The summed E-state index contributed by atoms with van der Waals surface area (Å²) in [7, 11) is -9.92. The third-order valence-electron chi connectivity index (χ3n) is 3.83. The minimum atomic E-state index is -9.92. The predicted molar refractivity (Wildman–Crippen MR) is 95.9 cm³/mol. The van der Waals surface area contributed by atoms with Crippen molar-refractivity contribution in [3.63, 3.8) is 0 Å². The van der Waals surface area contributed by atoms with Crippen LogP contribution in [0.2, 0.25) is 0 Å². The molecule has 2 rings (SSSR count). The maximum absolute atomic E-state index is 13.9. The number of ether oxygens (including phenoxy) is 1. The lowest BCUT2D eigenvalue weighted by Gasteiger charge is -2.40. The van der Waals surface area contributed by atoms with Crippen molar-refractivity contribution in [2.45, 2.75) is 17.4 Å². The fourth-order valence-electron chi connectivity index (χ4n) is 2.26. The first kappa shape index (κ1) is 23.8. The maximum Gasteiger partial charge on any atom is 0.310 e. The van der Waals surface area contributed by atoms with Crippen molar-refractivity contribution < 1.29 is 37.7 Å². The Balaban J connectivity index is 2.18. The minimum absolute atomic E-state index is 0.0260. The highest BCUT2D eigenvalue weighted by Crippen LogP contribution is 3.02. The quantitative estimate of drug-likeness (QED) is 0.562. The summed E-state index contributed by atoms with van der Waals surface area (Å²) in [4.78, 5) is 10.0. The molecule has 0 saturated heterocycles. The molecule has 0 aliphatic heterocycles. The molecule has 31 heavy (non-hydrogen) atoms. The first-order valence-corrected chi connectivity index (χ1v) is 10.0. The van der Waals surface area contributed by atoms with Crippen LogP contribution in [-0.4, -0.2) is 18.1 Å². The molecule has 0 aromatic heterocycles. The van der Waals surface area contributed by atoms with Crippen LogP contribution in [0.5, 0.6) is 5.75 Å². The average Bonchev–Trinajstić information content (AvgIpc) is 2.65. The number of hydrogen-bond donors (Lipinski definition) is 1. The van der Waals surface area contributed by atoms with Gasteiger partial charge < -0.3 is 10.1 Å². The van der Waals surface area contributed by atoms with Crippen LogP contribution in [0.3, 0.4) is 0 Å². The molecule has 0 aliphatic carbocycles. The zero-order chi connectivity index (χ0) is 23.7. The molecule has 0 saturated carbocycles. The van der Waals surface area contributed by atoms with E-state index in [9.17, 15) is 38.3 Å². The van der Waals surface area contributed by atoms with E-state index in [2.05, 4.69) is 5.32 Å². The Morgan fingerprint density at radius 1 is 1.06 bits per heavy atom. The van der Waals surface area contributed by atoms with Crippen LogP contribution in [0.4, 0.5) is 28.2 Å². The summed E-state index contributed by atoms with van der Waals surface area (Å²) >= 11 is 0. The molecule has 0 fully saturated rings.